The highest BCUT2D eigenvalue weighted by Gasteiger charge is 2.15. The van der Waals surface area contributed by atoms with Crippen LogP contribution in [0.15, 0.2) is 59.8 Å². The fourth-order valence-electron chi connectivity index (χ4n) is 3.42. The largest absolute Gasteiger partial charge is 0.314 e. The van der Waals surface area contributed by atoms with Gasteiger partial charge in [-0.3, -0.25) is 4.90 Å². The normalized spacial score (nSPS) is 16.3. The van der Waals surface area contributed by atoms with Crippen LogP contribution in [0.2, 0.25) is 0 Å². The van der Waals surface area contributed by atoms with Crippen LogP contribution in [0.25, 0.3) is 11.0 Å². The Morgan fingerprint density at radius 1 is 0.923 bits per heavy atom. The highest BCUT2D eigenvalue weighted by Crippen LogP contribution is 2.25. The summed E-state index contributed by atoms with van der Waals surface area (Å²) in [5.41, 5.74) is 3.63. The molecule has 1 aromatic heterocycles. The summed E-state index contributed by atoms with van der Waals surface area (Å²) in [6, 6.07) is 19.1. The summed E-state index contributed by atoms with van der Waals surface area (Å²) < 4.78 is 2.36. The number of para-hydroxylation sites is 2. The molecule has 0 bridgehead atoms. The topological polar surface area (TPSA) is 24.3 Å². The molecule has 0 unspecified atom stereocenters. The molecule has 1 aliphatic rings. The van der Waals surface area contributed by atoms with E-state index in [0.717, 1.165) is 29.5 Å². The highest BCUT2D eigenvalue weighted by atomic mass is 32.2. The van der Waals surface area contributed by atoms with Gasteiger partial charge < -0.3 is 9.47 Å². The second kappa shape index (κ2) is 8.25. The second-order valence-electron chi connectivity index (χ2n) is 6.95. The molecule has 4 rings (SSSR count). The third-order valence-electron chi connectivity index (χ3n) is 5.04. The van der Waals surface area contributed by atoms with Crippen molar-refractivity contribution >= 4 is 22.8 Å². The molecule has 0 atom stereocenters. The zero-order chi connectivity index (χ0) is 17.8. The molecular formula is C21H26N4S. The van der Waals surface area contributed by atoms with Gasteiger partial charge in [-0.15, -0.1) is 0 Å². The van der Waals surface area contributed by atoms with E-state index >= 15 is 0 Å². The molecule has 26 heavy (non-hydrogen) atoms. The molecule has 0 N–H and O–H groups in total. The zero-order valence-electron chi connectivity index (χ0n) is 15.3. The van der Waals surface area contributed by atoms with Crippen LogP contribution in [0.3, 0.4) is 0 Å². The van der Waals surface area contributed by atoms with Crippen LogP contribution < -0.4 is 0 Å². The molecule has 4 nitrogen and oxygen atoms in total. The number of rotatable bonds is 6. The predicted molar refractivity (Wildman–Crippen MR) is 110 cm³/mol. The maximum Gasteiger partial charge on any atom is 0.169 e. The first-order chi connectivity index (χ1) is 12.8. The van der Waals surface area contributed by atoms with Crippen LogP contribution in [0.5, 0.6) is 0 Å². The summed E-state index contributed by atoms with van der Waals surface area (Å²) in [7, 11) is 2.21. The summed E-state index contributed by atoms with van der Waals surface area (Å²) in [6.07, 6.45) is 0. The molecule has 1 fully saturated rings. The molecule has 136 valence electrons. The van der Waals surface area contributed by atoms with Crippen LogP contribution in [-0.2, 0) is 6.54 Å². The number of thioether (sulfide) groups is 1. The minimum atomic E-state index is 0.873. The van der Waals surface area contributed by atoms with Crippen molar-refractivity contribution < 1.29 is 0 Å². The number of nitrogens with zero attached hydrogens (tertiary/aromatic N) is 4. The first-order valence-corrected chi connectivity index (χ1v) is 10.3. The van der Waals surface area contributed by atoms with Crippen LogP contribution >= 0.6 is 11.8 Å². The summed E-state index contributed by atoms with van der Waals surface area (Å²) in [4.78, 5) is 9.88. The Morgan fingerprint density at radius 3 is 2.46 bits per heavy atom. The molecule has 1 aliphatic heterocycles. The van der Waals surface area contributed by atoms with E-state index in [1.54, 1.807) is 0 Å². The van der Waals surface area contributed by atoms with Crippen molar-refractivity contribution in [1.82, 2.24) is 19.4 Å². The lowest BCUT2D eigenvalue weighted by molar-refractivity contribution is 0.161. The van der Waals surface area contributed by atoms with Crippen LogP contribution in [0.4, 0.5) is 0 Å². The van der Waals surface area contributed by atoms with E-state index in [2.05, 4.69) is 76.0 Å². The Morgan fingerprint density at radius 2 is 1.65 bits per heavy atom. The van der Waals surface area contributed by atoms with Crippen molar-refractivity contribution in [3.63, 3.8) is 0 Å². The van der Waals surface area contributed by atoms with E-state index in [9.17, 15) is 0 Å². The van der Waals surface area contributed by atoms with E-state index in [0.29, 0.717) is 0 Å². The van der Waals surface area contributed by atoms with Gasteiger partial charge in [0.15, 0.2) is 5.16 Å². The van der Waals surface area contributed by atoms with Crippen molar-refractivity contribution in [2.24, 2.45) is 0 Å². The molecule has 2 heterocycles. The van der Waals surface area contributed by atoms with Gasteiger partial charge in [-0.05, 0) is 24.7 Å². The second-order valence-corrected chi connectivity index (χ2v) is 8.01. The monoisotopic (exact) mass is 366 g/mol. The lowest BCUT2D eigenvalue weighted by Crippen LogP contribution is -2.45. The number of fused-ring (bicyclic) bond motifs is 1. The minimum absolute atomic E-state index is 0.873. The van der Waals surface area contributed by atoms with Crippen molar-refractivity contribution in [3.05, 3.63) is 60.2 Å². The average Bonchev–Trinajstić information content (AvgIpc) is 3.02. The van der Waals surface area contributed by atoms with E-state index in [4.69, 9.17) is 4.98 Å². The van der Waals surface area contributed by atoms with Crippen molar-refractivity contribution in [3.8, 4) is 0 Å². The van der Waals surface area contributed by atoms with Crippen LogP contribution in [-0.4, -0.2) is 64.9 Å². The molecule has 0 aliphatic carbocycles. The fourth-order valence-corrected chi connectivity index (χ4v) is 4.43. The van der Waals surface area contributed by atoms with Crippen molar-refractivity contribution in [1.29, 1.82) is 0 Å². The van der Waals surface area contributed by atoms with Crippen LogP contribution in [0.1, 0.15) is 5.56 Å². The third kappa shape index (κ3) is 4.11. The molecule has 0 amide bonds. The van der Waals surface area contributed by atoms with Gasteiger partial charge in [0, 0.05) is 38.5 Å². The number of hydrogen-bond donors (Lipinski definition) is 0. The number of hydrogen-bond acceptors (Lipinski definition) is 4. The van der Waals surface area contributed by atoms with Crippen molar-refractivity contribution in [2.45, 2.75) is 11.7 Å². The summed E-state index contributed by atoms with van der Waals surface area (Å²) >= 11 is 1.88. The molecular weight excluding hydrogens is 340 g/mol. The van der Waals surface area contributed by atoms with E-state index in [-0.39, 0.29) is 0 Å². The number of imidazole rings is 1. The first-order valence-electron chi connectivity index (χ1n) is 9.32. The molecule has 5 heteroatoms. The standard InChI is InChI=1S/C21H26N4S/c1-23-11-13-24(14-12-23)15-16-26-21-22-19-9-5-6-10-20(19)25(21)17-18-7-3-2-4-8-18/h2-10H,11-17H2,1H3. The number of likely N-dealkylation sites (N-methyl/N-ethyl adjacent to an activating group) is 1. The maximum atomic E-state index is 4.90. The van der Waals surface area contributed by atoms with Gasteiger partial charge in [0.05, 0.1) is 17.6 Å². The Kier molecular flexibility index (Phi) is 5.58. The zero-order valence-corrected chi connectivity index (χ0v) is 16.2. The number of piperazine rings is 1. The lowest BCUT2D eigenvalue weighted by atomic mass is 10.2. The molecule has 2 aromatic carbocycles. The van der Waals surface area contributed by atoms with Gasteiger partial charge in [0.1, 0.15) is 0 Å². The smallest absolute Gasteiger partial charge is 0.169 e. The Bertz CT molecular complexity index is 838. The van der Waals surface area contributed by atoms with Gasteiger partial charge in [0.25, 0.3) is 0 Å². The summed E-state index contributed by atoms with van der Waals surface area (Å²) in [5, 5.41) is 1.13. The highest BCUT2D eigenvalue weighted by molar-refractivity contribution is 7.99. The predicted octanol–water partition coefficient (Wildman–Crippen LogP) is 3.42. The maximum absolute atomic E-state index is 4.90. The van der Waals surface area contributed by atoms with E-state index in [1.807, 2.05) is 11.8 Å². The average molecular weight is 367 g/mol. The fraction of sp³-hybridized carbons (Fsp3) is 0.381. The third-order valence-corrected chi connectivity index (χ3v) is 5.99. The summed E-state index contributed by atoms with van der Waals surface area (Å²) in [6.45, 7) is 6.72. The van der Waals surface area contributed by atoms with Gasteiger partial charge in [0.2, 0.25) is 0 Å². The Balaban J connectivity index is 1.48. The Hall–Kier alpha value is -1.82. The number of benzene rings is 2. The quantitative estimate of drug-likeness (QED) is 0.624. The number of aromatic nitrogens is 2. The molecule has 0 radical (unpaired) electrons. The Labute approximate surface area is 159 Å². The minimum Gasteiger partial charge on any atom is -0.314 e. The van der Waals surface area contributed by atoms with Gasteiger partial charge in [-0.25, -0.2) is 4.98 Å². The first kappa shape index (κ1) is 17.6. The lowest BCUT2D eigenvalue weighted by Gasteiger charge is -2.32. The molecule has 0 spiro atoms. The molecule has 3 aromatic rings. The van der Waals surface area contributed by atoms with E-state index < -0.39 is 0 Å². The van der Waals surface area contributed by atoms with Gasteiger partial charge >= 0.3 is 0 Å². The van der Waals surface area contributed by atoms with Gasteiger partial charge in [-0.2, -0.15) is 0 Å². The van der Waals surface area contributed by atoms with Crippen molar-refractivity contribution in [2.75, 3.05) is 45.5 Å². The molecule has 0 saturated carbocycles. The summed E-state index contributed by atoms with van der Waals surface area (Å²) in [5.74, 6) is 1.09. The molecule has 1 saturated heterocycles. The van der Waals surface area contributed by atoms with E-state index in [1.165, 1.54) is 37.3 Å². The van der Waals surface area contributed by atoms with Crippen LogP contribution in [0, 0.1) is 0 Å². The van der Waals surface area contributed by atoms with Gasteiger partial charge in [-0.1, -0.05) is 54.2 Å². The SMILES string of the molecule is CN1CCN(CCSc2nc3ccccc3n2Cc2ccccc2)CC1.